The maximum Gasteiger partial charge on any atom is 1.00 e. The van der Waals surface area contributed by atoms with Crippen LogP contribution in [0.4, 0.5) is 42.3 Å². The van der Waals surface area contributed by atoms with Gasteiger partial charge in [0.25, 0.3) is 0 Å². The number of esters is 2. The zero-order valence-corrected chi connectivity index (χ0v) is 83.0. The number of likely N-dealkylation sites (tertiary alicyclic amines) is 2. The number of carbonyl (C=O) groups excluding carboxylic acids is 3. The molecule has 0 aliphatic carbocycles. The molecule has 8 aromatic rings. The predicted octanol–water partition coefficient (Wildman–Crippen LogP) is 15.4. The maximum absolute atomic E-state index is 13.8. The van der Waals surface area contributed by atoms with Crippen molar-refractivity contribution >= 4 is 85.2 Å². The molecule has 4 fully saturated rings. The molecule has 0 saturated carbocycles. The van der Waals surface area contributed by atoms with Gasteiger partial charge in [-0.3, -0.25) is 19.2 Å². The number of hydrogen-bond acceptors (Lipinski definition) is 22. The number of halogens is 3. The van der Waals surface area contributed by atoms with Gasteiger partial charge in [0.05, 0.1) is 39.9 Å². The van der Waals surface area contributed by atoms with Crippen LogP contribution in [-0.2, 0) is 102 Å². The Morgan fingerprint density at radius 1 is 0.453 bits per heavy atom. The molecule has 3 unspecified atom stereocenters. The van der Waals surface area contributed by atoms with Gasteiger partial charge in [-0.2, -0.15) is 0 Å². The molecule has 9 aliphatic heterocycles. The number of nitrogens with zero attached hydrogens (tertiary/aromatic N) is 7. The van der Waals surface area contributed by atoms with Crippen molar-refractivity contribution in [3.05, 3.63) is 224 Å². The topological polar surface area (TPSA) is 317 Å². The van der Waals surface area contributed by atoms with E-state index in [0.29, 0.717) is 43.4 Å². The van der Waals surface area contributed by atoms with Gasteiger partial charge in [0, 0.05) is 93.9 Å². The summed E-state index contributed by atoms with van der Waals surface area (Å²) in [5.41, 5.74) is 14.4. The summed E-state index contributed by atoms with van der Waals surface area (Å²) >= 11 is 0. The van der Waals surface area contributed by atoms with Crippen molar-refractivity contribution in [2.45, 2.75) is 243 Å². The van der Waals surface area contributed by atoms with E-state index in [1.165, 1.54) is 122 Å². The van der Waals surface area contributed by atoms with E-state index in [9.17, 15) is 42.3 Å². The van der Waals surface area contributed by atoms with Crippen LogP contribution >= 0.6 is 8.58 Å². The van der Waals surface area contributed by atoms with Gasteiger partial charge in [0.2, 0.25) is 0 Å². The fraction of sp³-hybridized carbons (Fsp3) is 0.560. The molecule has 24 nitrogen and oxygen atoms in total. The molecule has 4 saturated heterocycles. The molecule has 0 amide bonds. The number of aliphatic hydroxyl groups is 1. The Labute approximate surface area is 850 Å². The standard InChI is InChI=1S/C27H36FN3O2.C26H34FN3O2.C16H22FNO2.C11H14N2O2.C11H16N2O.C11H14N2O.C4H8O.C2H7P.CH4.Al.Li.4H/c1-33-26(32)19-23(22-5-2-7-24(28)18-22)17-20-11-15-31(16-12-20)14-4-8-25-10-9-21-6-3-13-29-27(21)30-25;27-23-6-1-4-21(17-23)22(18-25(31)32)16-19-10-14-30(15-11-19)13-3-7-24-9-8-20-5-2-12-28-26(20)29-24;1-20-16(19)11-14(9-12-5-7-18-8-6-12)13-3-2-4-15(17)10-13;14-10(15)6-5-9-4-3-8-2-1-7-12-11(8)13-9;2*14-8-2-4-10-6-5-9-3-1-7-12-11(9)13-10;1-2-4-5-3-1;1-3-2;;;;;;;/h2,5,7,9-10,18,20,23H,3-4,6,8,11-17,19H2,1H3,(H,29,30);1,4,6,8-9,17,19,22H,2-3,5,7,10-16,18H2,(H,28,29)(H,31,32);2-4,10,12,14,18H,5-9,11H2,1H3;3-4H,1-2,5-7H2,(H,12,13)(H,14,15);5-6,14H,1-4,7-8H2,(H,12,13);5-6,8H,1-4,7H2,(H,12,13);1-4H2;3H,1-2H3;1H4;;;;;;/q;;;;;;;;;;+1;;;;-1. The van der Waals surface area contributed by atoms with Crippen LogP contribution in [0.5, 0.6) is 0 Å². The Morgan fingerprint density at radius 3 is 1.06 bits per heavy atom. The van der Waals surface area contributed by atoms with Crippen molar-refractivity contribution in [2.75, 3.05) is 159 Å². The van der Waals surface area contributed by atoms with Crippen LogP contribution in [0.25, 0.3) is 0 Å². The third-order valence-corrected chi connectivity index (χ3v) is 26.5. The number of anilines is 5. The first-order valence-corrected chi connectivity index (χ1v) is 52.2. The molecule has 14 heterocycles. The Kier molecular flexibility index (Phi) is 56.3. The number of pyridine rings is 5. The number of rotatable bonds is 32. The van der Waals surface area contributed by atoms with E-state index < -0.39 is 11.9 Å². The number of aliphatic hydroxyl groups excluding tert-OH is 1. The Balaban J connectivity index is 0.000000260. The minimum atomic E-state index is -0.817. The van der Waals surface area contributed by atoms with Crippen molar-refractivity contribution in [1.82, 2.24) is 40.0 Å². The fourth-order valence-corrected chi connectivity index (χ4v) is 19.0. The maximum atomic E-state index is 13.8. The van der Waals surface area contributed by atoms with E-state index in [-0.39, 0.29) is 112 Å². The molecular formula is C109H159AlF3LiN13O11P. The molecule has 9 N–H and O–H groups in total. The van der Waals surface area contributed by atoms with Crippen molar-refractivity contribution in [1.29, 1.82) is 0 Å². The number of benzene rings is 3. The molecule has 5 aromatic heterocycles. The molecule has 3 aromatic carbocycles. The normalized spacial score (nSPS) is 16.3. The van der Waals surface area contributed by atoms with E-state index in [4.69, 9.17) is 34.4 Å². The van der Waals surface area contributed by atoms with Crippen LogP contribution in [0.1, 0.15) is 254 Å². The number of piperidine rings is 3. The minimum Gasteiger partial charge on any atom is -1.00 e. The van der Waals surface area contributed by atoms with Crippen LogP contribution in [0.15, 0.2) is 133 Å². The van der Waals surface area contributed by atoms with Crippen LogP contribution in [0.3, 0.4) is 0 Å². The number of methoxy groups -OCH3 is 2. The first-order valence-electron chi connectivity index (χ1n) is 50.2. The zero-order valence-electron chi connectivity index (χ0n) is 83.0. The summed E-state index contributed by atoms with van der Waals surface area (Å²) in [6.07, 6.45) is 32.8. The molecule has 756 valence electrons. The summed E-state index contributed by atoms with van der Waals surface area (Å²) < 4.78 is 55.4. The summed E-state index contributed by atoms with van der Waals surface area (Å²) in [6.45, 7) is 20.1. The van der Waals surface area contributed by atoms with Crippen molar-refractivity contribution < 1.29 is 87.0 Å². The fourth-order valence-electron chi connectivity index (χ4n) is 19.0. The number of aliphatic carboxylic acids is 2. The number of carboxylic acids is 2. The van der Waals surface area contributed by atoms with E-state index in [1.807, 2.05) is 36.4 Å². The zero-order chi connectivity index (χ0) is 96.3. The summed E-state index contributed by atoms with van der Waals surface area (Å²) in [5.74, 6) is 3.87. The smallest absolute Gasteiger partial charge is 1.00 e. The Hall–Kier alpha value is -8.89. The van der Waals surface area contributed by atoms with Crippen LogP contribution in [0.2, 0.25) is 0 Å². The Morgan fingerprint density at radius 2 is 0.770 bits per heavy atom. The molecule has 17 rings (SSSR count). The average molecular weight is 1950 g/mol. The van der Waals surface area contributed by atoms with Crippen LogP contribution in [0, 0.1) is 35.2 Å². The predicted molar refractivity (Wildman–Crippen MR) is 556 cm³/mol. The van der Waals surface area contributed by atoms with E-state index in [1.54, 1.807) is 24.3 Å². The van der Waals surface area contributed by atoms with E-state index in [2.05, 4.69) is 112 Å². The first kappa shape index (κ1) is 117. The average Bonchev–Trinajstić information content (AvgIpc) is 1.07. The molecular weight excluding hydrogens is 1790 g/mol. The second-order valence-corrected chi connectivity index (χ2v) is 38.0. The number of carbonyl (C=O) groups is 5. The second-order valence-electron chi connectivity index (χ2n) is 37.0. The summed E-state index contributed by atoms with van der Waals surface area (Å²) in [4.78, 5) is 83.6. The van der Waals surface area contributed by atoms with Gasteiger partial charge >= 0.3 is 42.7 Å². The number of ether oxygens (including phenoxy) is 3. The SMILES string of the molecule is C.C1CCOC1.COC(=O)CC(CC1CCN(CCCc2ccc3c(n2)NCCC3)CC1)c1cccc(F)c1.COC(=O)CC(CC1CCNCC1)c1cccc(F)c1.CPC.O=C(O)CC(CC1CCN(CCCc2ccc3c(n2)NCCC3)CC1)c1cccc(F)c1.O=C(O)CCc1ccc2c(n1)NCCC2.O=CCCc1ccc2c(n1)NCCC2.OCCCc1ccc2c(n1)NCCC2.[AlH3].[H-].[Li+]. The number of fused-ring (bicyclic) bond motifs is 5. The monoisotopic (exact) mass is 1950 g/mol. The quantitative estimate of drug-likeness (QED) is 0.00819. The minimum absolute atomic E-state index is 0. The molecule has 3 atom stereocenters. The van der Waals surface area contributed by atoms with Crippen LogP contribution in [-0.4, -0.2) is 230 Å². The summed E-state index contributed by atoms with van der Waals surface area (Å²) in [7, 11) is 3.90. The molecule has 0 radical (unpaired) electrons. The van der Waals surface area contributed by atoms with Gasteiger partial charge < -0.3 is 77.5 Å². The second kappa shape index (κ2) is 66.8. The third kappa shape index (κ3) is 43.5. The number of nitrogens with one attached hydrogen (secondary N) is 6. The van der Waals surface area contributed by atoms with Gasteiger partial charge in [-0.05, 0) is 392 Å². The number of hydrogen-bond donors (Lipinski definition) is 9. The number of carboxylic acid groups (broad SMARTS) is 2. The van der Waals surface area contributed by atoms with Gasteiger partial charge in [-0.15, -0.1) is 8.58 Å². The molecule has 139 heavy (non-hydrogen) atoms. The van der Waals surface area contributed by atoms with Crippen molar-refractivity contribution in [2.24, 2.45) is 17.8 Å². The molecule has 30 heteroatoms. The largest absolute Gasteiger partial charge is 1.00 e. The van der Waals surface area contributed by atoms with Gasteiger partial charge in [0.15, 0.2) is 17.4 Å². The van der Waals surface area contributed by atoms with Gasteiger partial charge in [-0.1, -0.05) is 74.2 Å². The van der Waals surface area contributed by atoms with E-state index >= 15 is 0 Å². The molecule has 0 spiro atoms. The van der Waals surface area contributed by atoms with Gasteiger partial charge in [0.1, 0.15) is 52.8 Å². The third-order valence-electron chi connectivity index (χ3n) is 26.5. The summed E-state index contributed by atoms with van der Waals surface area (Å²) in [5, 5.41) is 46.6. The van der Waals surface area contributed by atoms with Crippen molar-refractivity contribution in [3.8, 4) is 0 Å². The summed E-state index contributed by atoms with van der Waals surface area (Å²) in [6, 6.07) is 40.8. The molecule has 9 aliphatic rings. The van der Waals surface area contributed by atoms with E-state index in [0.717, 1.165) is 317 Å². The number of aryl methyl sites for hydroxylation is 10. The Bertz CT molecular complexity index is 4920. The van der Waals surface area contributed by atoms with Crippen molar-refractivity contribution in [3.63, 3.8) is 0 Å². The molecule has 0 bridgehead atoms. The number of aromatic nitrogens is 5. The first-order chi connectivity index (χ1) is 66.3. The van der Waals surface area contributed by atoms with Crippen LogP contribution < -0.4 is 50.8 Å². The number of aldehydes is 1. The van der Waals surface area contributed by atoms with Gasteiger partial charge in [-0.25, -0.2) is 38.1 Å².